The van der Waals surface area contributed by atoms with E-state index in [0.29, 0.717) is 0 Å². The van der Waals surface area contributed by atoms with Crippen molar-refractivity contribution in [2.45, 2.75) is 0 Å². The van der Waals surface area contributed by atoms with Gasteiger partial charge in [-0.15, -0.1) is 0 Å². The molecule has 0 aromatic carbocycles. The van der Waals surface area contributed by atoms with Gasteiger partial charge in [0.25, 0.3) is 0 Å². The molecule has 0 fully saturated rings. The predicted octanol–water partition coefficient (Wildman–Crippen LogP) is 0.144. The van der Waals surface area contributed by atoms with E-state index in [9.17, 15) is 0 Å². The maximum atomic E-state index is 4.39. The van der Waals surface area contributed by atoms with Gasteiger partial charge >= 0.3 is 0 Å². The number of nitrogens with zero attached hydrogens (tertiary/aromatic N) is 1. The highest BCUT2D eigenvalue weighted by atomic mass is 33.1. The molecule has 0 atom stereocenters. The van der Waals surface area contributed by atoms with Crippen LogP contribution in [0.3, 0.4) is 0 Å². The standard InChI is InChI=1S/CH2NS3/c1-2-5(3)4/h1H2/q-1. The fourth-order valence-electron chi connectivity index (χ4n) is 0. The van der Waals surface area contributed by atoms with Crippen LogP contribution in [-0.2, 0) is 30.6 Å². The molecule has 0 aromatic heterocycles. The highest BCUT2D eigenvalue weighted by Crippen LogP contribution is 1.55. The summed E-state index contributed by atoms with van der Waals surface area (Å²) in [5.41, 5.74) is 0. The van der Waals surface area contributed by atoms with Gasteiger partial charge in [0.1, 0.15) is 0 Å². The lowest BCUT2D eigenvalue weighted by molar-refractivity contribution is 2.06. The Morgan fingerprint density at radius 1 is 1.60 bits per heavy atom. The van der Waals surface area contributed by atoms with Crippen LogP contribution in [0.25, 0.3) is 0 Å². The number of rotatable bonds is 1. The second-order valence-electron chi connectivity index (χ2n) is 0.346. The maximum absolute atomic E-state index is 4.39. The van der Waals surface area contributed by atoms with Gasteiger partial charge in [0.05, 0.1) is 0 Å². The summed E-state index contributed by atoms with van der Waals surface area (Å²) in [6, 6.07) is 0. The highest BCUT2D eigenvalue weighted by Gasteiger charge is 1.24. The van der Waals surface area contributed by atoms with Crippen LogP contribution in [0, 0.1) is 0 Å². The lowest BCUT2D eigenvalue weighted by atomic mass is 11.8. The van der Waals surface area contributed by atoms with Crippen LogP contribution >= 0.6 is 0 Å². The van der Waals surface area contributed by atoms with Crippen molar-refractivity contribution in [2.24, 2.45) is 4.40 Å². The molecule has 0 unspecified atom stereocenters. The van der Waals surface area contributed by atoms with Gasteiger partial charge < -0.3 is 4.40 Å². The fraction of sp³-hybridized carbons (Fsp3) is 0. The molecule has 0 aromatic rings. The molecule has 0 spiro atoms. The molecule has 0 heterocycles. The largest absolute Gasteiger partial charge is 0.391 e. The zero-order valence-corrected chi connectivity index (χ0v) is 4.83. The molecule has 0 aliphatic heterocycles. The van der Waals surface area contributed by atoms with Gasteiger partial charge in [-0.1, -0.05) is 0 Å². The van der Waals surface area contributed by atoms with Crippen LogP contribution < -0.4 is 0 Å². The number of hydrogen-bond acceptors (Lipinski definition) is 3. The van der Waals surface area contributed by atoms with E-state index >= 15 is 0 Å². The van der Waals surface area contributed by atoms with Crippen LogP contribution in [0.4, 0.5) is 0 Å². The van der Waals surface area contributed by atoms with Gasteiger partial charge in [-0.05, 0) is 6.72 Å². The van der Waals surface area contributed by atoms with Crippen molar-refractivity contribution < 1.29 is 0 Å². The Hall–Kier alpha value is 0.460. The first-order valence-corrected chi connectivity index (χ1v) is 3.86. The molecule has 4 heteroatoms. The van der Waals surface area contributed by atoms with Crippen molar-refractivity contribution in [1.29, 1.82) is 0 Å². The molecular weight excluding hydrogens is 122 g/mol. The van der Waals surface area contributed by atoms with Crippen molar-refractivity contribution in [2.75, 3.05) is 0 Å². The molecular formula is CH2NS3-. The van der Waals surface area contributed by atoms with Gasteiger partial charge in [0.2, 0.25) is 0 Å². The minimum atomic E-state index is -0.642. The Morgan fingerprint density at radius 3 is 1.80 bits per heavy atom. The van der Waals surface area contributed by atoms with Crippen LogP contribution in [0.2, 0.25) is 0 Å². The fourth-order valence-corrected chi connectivity index (χ4v) is 0. The second kappa shape index (κ2) is 2.68. The maximum Gasteiger partial charge on any atom is -0.0393 e. The van der Waals surface area contributed by atoms with Crippen molar-refractivity contribution >= 4 is 37.3 Å². The first kappa shape index (κ1) is 5.46. The van der Waals surface area contributed by atoms with E-state index in [1.165, 1.54) is 0 Å². The monoisotopic (exact) mass is 124 g/mol. The van der Waals surface area contributed by atoms with E-state index in [1.807, 2.05) is 0 Å². The van der Waals surface area contributed by atoms with E-state index in [0.717, 1.165) is 0 Å². The molecule has 5 heavy (non-hydrogen) atoms. The first-order chi connectivity index (χ1) is 2.27. The molecule has 0 N–H and O–H groups in total. The molecule has 0 saturated heterocycles. The Bertz CT molecular complexity index is 83.1. The average Bonchev–Trinajstić information content (AvgIpc) is 1.38. The third kappa shape index (κ3) is 4.46. The van der Waals surface area contributed by atoms with E-state index in [1.54, 1.807) is 0 Å². The summed E-state index contributed by atoms with van der Waals surface area (Å²) in [6.07, 6.45) is 0. The minimum absolute atomic E-state index is 0.642. The number of hydrogen-bond donors (Lipinski definition) is 0. The molecule has 0 saturated carbocycles. The van der Waals surface area contributed by atoms with Gasteiger partial charge in [0.15, 0.2) is 0 Å². The zero-order valence-electron chi connectivity index (χ0n) is 2.38. The van der Waals surface area contributed by atoms with Crippen LogP contribution in [0.5, 0.6) is 0 Å². The summed E-state index contributed by atoms with van der Waals surface area (Å²) < 4.78 is 3.30. The Balaban J connectivity index is 3.69. The molecule has 30 valence electrons. The first-order valence-electron chi connectivity index (χ1n) is 0.832. The van der Waals surface area contributed by atoms with Crippen LogP contribution in [0.1, 0.15) is 0 Å². The smallest absolute Gasteiger partial charge is 0.0393 e. The summed E-state index contributed by atoms with van der Waals surface area (Å²) in [6.45, 7) is 3.11. The summed E-state index contributed by atoms with van der Waals surface area (Å²) in [5.74, 6) is 0. The normalized spacial score (nSPS) is 8.20. The quantitative estimate of drug-likeness (QED) is 0.364. The van der Waals surface area contributed by atoms with Gasteiger partial charge in [-0.2, -0.15) is 0 Å². The predicted molar refractivity (Wildman–Crippen MR) is 31.6 cm³/mol. The Labute approximate surface area is 42.1 Å². The van der Waals surface area contributed by atoms with E-state index in [-0.39, 0.29) is 0 Å². The van der Waals surface area contributed by atoms with Crippen molar-refractivity contribution in [3.8, 4) is 0 Å². The Morgan fingerprint density at radius 2 is 1.80 bits per heavy atom. The SMILES string of the molecule is C=N[S-](=S)=S. The molecule has 0 aliphatic carbocycles. The molecule has 1 nitrogen and oxygen atoms in total. The summed E-state index contributed by atoms with van der Waals surface area (Å²) in [5, 5.41) is 0. The topological polar surface area (TPSA) is 12.4 Å². The molecule has 0 radical (unpaired) electrons. The summed E-state index contributed by atoms with van der Waals surface area (Å²) >= 11 is 8.79. The van der Waals surface area contributed by atoms with E-state index < -0.39 is 8.20 Å². The molecule has 0 aliphatic rings. The zero-order chi connectivity index (χ0) is 4.28. The second-order valence-corrected chi connectivity index (χ2v) is 3.57. The summed E-state index contributed by atoms with van der Waals surface area (Å²) in [4.78, 5) is 0. The highest BCUT2D eigenvalue weighted by molar-refractivity contribution is 8.45. The van der Waals surface area contributed by atoms with E-state index in [2.05, 4.69) is 33.5 Å². The molecule has 0 amide bonds. The lowest BCUT2D eigenvalue weighted by Crippen LogP contribution is -1.48. The van der Waals surface area contributed by atoms with Gasteiger partial charge in [-0.3, -0.25) is 0 Å². The summed E-state index contributed by atoms with van der Waals surface area (Å²) in [7, 11) is -0.642. The third-order valence-corrected chi connectivity index (χ3v) is 0.949. The lowest BCUT2D eigenvalue weighted by Gasteiger charge is -1.79. The third-order valence-electron chi connectivity index (χ3n) is 0.105. The molecule has 0 rings (SSSR count). The van der Waals surface area contributed by atoms with Gasteiger partial charge in [0, 0.05) is 0 Å². The van der Waals surface area contributed by atoms with Crippen molar-refractivity contribution in [1.82, 2.24) is 0 Å². The minimum Gasteiger partial charge on any atom is -0.391 e. The average molecular weight is 124 g/mol. The van der Waals surface area contributed by atoms with Crippen molar-refractivity contribution in [3.05, 3.63) is 0 Å². The van der Waals surface area contributed by atoms with Crippen LogP contribution in [0.15, 0.2) is 4.40 Å². The van der Waals surface area contributed by atoms with E-state index in [4.69, 9.17) is 0 Å². The van der Waals surface area contributed by atoms with Gasteiger partial charge in [-0.25, -0.2) is 30.6 Å². The van der Waals surface area contributed by atoms with Crippen molar-refractivity contribution in [3.63, 3.8) is 0 Å². The van der Waals surface area contributed by atoms with Crippen LogP contribution in [-0.4, -0.2) is 6.72 Å². The Kier molecular flexibility index (Phi) is 2.93. The molecule has 0 bridgehead atoms.